The fourth-order valence-corrected chi connectivity index (χ4v) is 9.24. The molecule has 0 radical (unpaired) electrons. The molecule has 5 atom stereocenters. The van der Waals surface area contributed by atoms with Crippen LogP contribution in [-0.2, 0) is 29.2 Å². The number of hydrogen-bond acceptors (Lipinski definition) is 9. The van der Waals surface area contributed by atoms with Gasteiger partial charge in [-0.3, -0.25) is 19.2 Å². The van der Waals surface area contributed by atoms with Crippen LogP contribution in [0.25, 0.3) is 22.2 Å². The van der Waals surface area contributed by atoms with Crippen molar-refractivity contribution in [2.24, 2.45) is 17.3 Å². The summed E-state index contributed by atoms with van der Waals surface area (Å²) in [7, 11) is -2.01. The molecule has 1 aromatic heterocycles. The summed E-state index contributed by atoms with van der Waals surface area (Å²) in [5.41, 5.74) is 0.757. The van der Waals surface area contributed by atoms with E-state index in [9.17, 15) is 22.8 Å². The van der Waals surface area contributed by atoms with Crippen LogP contribution in [0.15, 0.2) is 67.3 Å². The lowest BCUT2D eigenvalue weighted by molar-refractivity contribution is -0.148. The first-order valence-corrected chi connectivity index (χ1v) is 21.6. The minimum absolute atomic E-state index is 0.0351. The molecule has 4 aliphatic rings. The van der Waals surface area contributed by atoms with E-state index in [4.69, 9.17) is 19.3 Å². The van der Waals surface area contributed by atoms with Gasteiger partial charge in [0, 0.05) is 54.9 Å². The summed E-state index contributed by atoms with van der Waals surface area (Å²) in [5.74, 6) is -0.414. The monoisotopic (exact) mass is 801 g/mol. The number of ether oxygens (including phenoxy) is 2. The number of nitrogens with one attached hydrogen (secondary N) is 2. The lowest BCUT2D eigenvalue weighted by Crippen LogP contribution is -2.54. The number of carbonyl (C=O) groups is 3. The molecule has 13 nitrogen and oxygen atoms in total. The van der Waals surface area contributed by atoms with Crippen molar-refractivity contribution in [2.75, 3.05) is 33.4 Å². The summed E-state index contributed by atoms with van der Waals surface area (Å²) in [6, 6.07) is 16.3. The number of amides is 3. The average molecular weight is 802 g/mol. The number of pyridine rings is 1. The molecule has 2 N–H and O–H groups in total. The van der Waals surface area contributed by atoms with E-state index < -0.39 is 50.2 Å². The van der Waals surface area contributed by atoms with Crippen molar-refractivity contribution in [2.45, 2.75) is 95.1 Å². The Morgan fingerprint density at radius 2 is 1.79 bits per heavy atom. The maximum absolute atomic E-state index is 14.9. The van der Waals surface area contributed by atoms with Gasteiger partial charge in [0.25, 0.3) is 0 Å². The Labute approximate surface area is 335 Å². The van der Waals surface area contributed by atoms with Crippen molar-refractivity contribution in [3.8, 4) is 22.8 Å². The lowest BCUT2D eigenvalue weighted by atomic mass is 9.77. The van der Waals surface area contributed by atoms with Gasteiger partial charge in [0.2, 0.25) is 27.7 Å². The van der Waals surface area contributed by atoms with Crippen LogP contribution in [0.1, 0.15) is 72.1 Å². The first kappa shape index (κ1) is 40.7. The summed E-state index contributed by atoms with van der Waals surface area (Å²) < 4.78 is 37.3. The normalized spacial score (nSPS) is 24.2. The van der Waals surface area contributed by atoms with Crippen molar-refractivity contribution in [1.82, 2.24) is 25.0 Å². The van der Waals surface area contributed by atoms with E-state index in [-0.39, 0.29) is 43.7 Å². The predicted molar refractivity (Wildman–Crippen MR) is 216 cm³/mol. The van der Waals surface area contributed by atoms with Crippen LogP contribution in [0.3, 0.4) is 0 Å². The molecule has 14 heteroatoms. The molecule has 2 aromatic carbocycles. The number of likely N-dealkylation sites (tertiary alicyclic amines) is 2. The van der Waals surface area contributed by atoms with E-state index in [1.54, 1.807) is 18.1 Å². The zero-order chi connectivity index (χ0) is 40.5. The van der Waals surface area contributed by atoms with Gasteiger partial charge in [0.05, 0.1) is 48.2 Å². The van der Waals surface area contributed by atoms with Crippen LogP contribution >= 0.6 is 0 Å². The highest BCUT2D eigenvalue weighted by atomic mass is 32.2. The maximum atomic E-state index is 14.9. The molecule has 2 saturated heterocycles. The molecule has 2 saturated carbocycles. The van der Waals surface area contributed by atoms with Gasteiger partial charge >= 0.3 is 0 Å². The number of methoxy groups -OCH3 is 1. The van der Waals surface area contributed by atoms with Crippen LogP contribution in [-0.4, -0.2) is 97.2 Å². The topological polar surface area (TPSA) is 156 Å². The molecule has 57 heavy (non-hydrogen) atoms. The molecule has 2 aliphatic carbocycles. The van der Waals surface area contributed by atoms with Crippen LogP contribution < -0.4 is 19.7 Å². The number of sulfonamides is 1. The highest BCUT2D eigenvalue weighted by Crippen LogP contribution is 2.45. The Kier molecular flexibility index (Phi) is 11.7. The zero-order valence-electron chi connectivity index (χ0n) is 33.4. The van der Waals surface area contributed by atoms with Crippen molar-refractivity contribution in [3.63, 3.8) is 0 Å². The molecule has 306 valence electrons. The Morgan fingerprint density at radius 1 is 1.05 bits per heavy atom. The van der Waals surface area contributed by atoms with Crippen molar-refractivity contribution in [1.29, 1.82) is 0 Å². The Morgan fingerprint density at radius 3 is 2.44 bits per heavy atom. The first-order valence-electron chi connectivity index (χ1n) is 20.1. The van der Waals surface area contributed by atoms with Gasteiger partial charge in [-0.25, -0.2) is 13.4 Å². The number of benzene rings is 2. The van der Waals surface area contributed by atoms with E-state index in [0.29, 0.717) is 55.1 Å². The zero-order valence-corrected chi connectivity index (χ0v) is 34.2. The summed E-state index contributed by atoms with van der Waals surface area (Å²) >= 11 is 0. The fraction of sp³-hybridized carbons (Fsp3) is 0.535. The van der Waals surface area contributed by atoms with Crippen LogP contribution in [0, 0.1) is 17.3 Å². The minimum Gasteiger partial charge on any atom is -0.497 e. The number of hydrogen-bond donors (Lipinski definition) is 2. The smallest absolute Gasteiger partial charge is 0.243 e. The molecule has 7 rings (SSSR count). The molecule has 2 unspecified atom stereocenters. The Bertz CT molecular complexity index is 2100. The van der Waals surface area contributed by atoms with Crippen molar-refractivity contribution in [3.05, 3.63) is 67.3 Å². The van der Waals surface area contributed by atoms with E-state index in [1.807, 2.05) is 80.3 Å². The second-order valence-electron chi connectivity index (χ2n) is 17.1. The van der Waals surface area contributed by atoms with E-state index in [2.05, 4.69) is 16.8 Å². The van der Waals surface area contributed by atoms with Gasteiger partial charge in [0.1, 0.15) is 23.6 Å². The number of carbonyl (C=O) groups excluding carboxylic acids is 3. The number of piperidine rings is 1. The van der Waals surface area contributed by atoms with Crippen molar-refractivity contribution < 1.29 is 37.1 Å². The number of nitrogens with zero attached hydrogens (tertiary/aromatic N) is 3. The van der Waals surface area contributed by atoms with Crippen LogP contribution in [0.5, 0.6) is 11.5 Å². The maximum Gasteiger partial charge on any atom is 0.243 e. The molecule has 3 amide bonds. The third kappa shape index (κ3) is 9.13. The molecular weight excluding hydrogens is 747 g/mol. The summed E-state index contributed by atoms with van der Waals surface area (Å²) in [6.45, 7) is 11.1. The number of rotatable bonds is 15. The fourth-order valence-electron chi connectivity index (χ4n) is 8.13. The molecular formula is C43H55N5O8S. The molecule has 3 aromatic rings. The summed E-state index contributed by atoms with van der Waals surface area (Å²) in [4.78, 5) is 59.2. The minimum atomic E-state index is -3.61. The SMILES string of the molecule is C=CC1CC1(CONS(=O)(=O)C1CC1)NC(=O)[C@@H]1C[C@@H](Oc2cc(-c3ccccc3)nc3cc(OC)ccc23)CN1C(=O)[C@@H](CC(=O)N1CCCCC1)C(C)(C)C. The highest BCUT2D eigenvalue weighted by molar-refractivity contribution is 7.90. The van der Waals surface area contributed by atoms with Gasteiger partial charge in [-0.2, -0.15) is 0 Å². The second kappa shape index (κ2) is 16.4. The van der Waals surface area contributed by atoms with Gasteiger partial charge in [-0.15, -0.1) is 6.58 Å². The van der Waals surface area contributed by atoms with Gasteiger partial charge in [0.15, 0.2) is 0 Å². The molecule has 2 aliphatic heterocycles. The first-order chi connectivity index (χ1) is 27.2. The van der Waals surface area contributed by atoms with Crippen LogP contribution in [0.4, 0.5) is 0 Å². The third-order valence-corrected chi connectivity index (χ3v) is 13.6. The quantitative estimate of drug-likeness (QED) is 0.152. The molecule has 0 spiro atoms. The van der Waals surface area contributed by atoms with E-state index >= 15 is 0 Å². The molecule has 0 bridgehead atoms. The van der Waals surface area contributed by atoms with E-state index in [0.717, 1.165) is 30.2 Å². The standard InChI is InChI=1S/C43H55N5O8S/c1-6-29-25-43(29,27-55-46-57(52,53)32-16-17-32)45-40(50)37-22-31(26-48(37)41(51)34(42(2,3)4)23-39(49)47-19-11-8-12-20-47)56-38-24-35(28-13-9-7-10-14-28)44-36-21-30(54-5)15-18-33(36)38/h6-7,9-10,13-15,18,21,24,29,31-32,34,37,46H,1,8,11-12,16-17,19-20,22-23,25-27H2,2-5H3,(H,45,50)/t29?,31-,34-,37+,43?/m1/s1. The third-order valence-electron chi connectivity index (χ3n) is 11.9. The number of fused-ring (bicyclic) bond motifs is 1. The van der Waals surface area contributed by atoms with Gasteiger partial charge in [-0.1, -0.05) is 62.1 Å². The largest absolute Gasteiger partial charge is 0.497 e. The Hall–Kier alpha value is -4.53. The lowest BCUT2D eigenvalue weighted by Gasteiger charge is -2.36. The Balaban J connectivity index is 1.18. The summed E-state index contributed by atoms with van der Waals surface area (Å²) in [5, 5.41) is 3.42. The predicted octanol–water partition coefficient (Wildman–Crippen LogP) is 5.40. The highest BCUT2D eigenvalue weighted by Gasteiger charge is 2.56. The average Bonchev–Trinajstić information content (AvgIpc) is 4.13. The van der Waals surface area contributed by atoms with Gasteiger partial charge < -0.3 is 24.6 Å². The van der Waals surface area contributed by atoms with Gasteiger partial charge in [-0.05, 0) is 56.1 Å². The van der Waals surface area contributed by atoms with E-state index in [1.165, 1.54) is 0 Å². The second-order valence-corrected chi connectivity index (χ2v) is 19.0. The summed E-state index contributed by atoms with van der Waals surface area (Å²) in [6.07, 6.45) is 5.97. The van der Waals surface area contributed by atoms with Crippen LogP contribution in [0.2, 0.25) is 0 Å². The molecule has 3 heterocycles. The number of aromatic nitrogens is 1. The van der Waals surface area contributed by atoms with Crippen molar-refractivity contribution >= 4 is 38.6 Å². The molecule has 4 fully saturated rings.